The molecule has 8 unspecified atom stereocenters. The van der Waals surface area contributed by atoms with Gasteiger partial charge in [0.05, 0.1) is 23.4 Å². The van der Waals surface area contributed by atoms with E-state index in [1.54, 1.807) is 27.7 Å². The molecule has 0 heterocycles. The fourth-order valence-corrected chi connectivity index (χ4v) is 5.80. The van der Waals surface area contributed by atoms with Crippen LogP contribution in [-0.4, -0.2) is 40.5 Å². The normalized spacial score (nSPS) is 28.6. The summed E-state index contributed by atoms with van der Waals surface area (Å²) >= 11 is 0. The maximum atomic E-state index is 13.5. The summed E-state index contributed by atoms with van der Waals surface area (Å²) in [6.07, 6.45) is 3.07. The molecule has 0 aliphatic heterocycles. The fourth-order valence-electron chi connectivity index (χ4n) is 5.80. The zero-order valence-corrected chi connectivity index (χ0v) is 21.8. The van der Waals surface area contributed by atoms with E-state index in [9.17, 15) is 19.5 Å². The van der Waals surface area contributed by atoms with Crippen LogP contribution in [0.5, 0.6) is 0 Å². The summed E-state index contributed by atoms with van der Waals surface area (Å²) < 4.78 is 17.0. The molecule has 2 bridgehead atoms. The summed E-state index contributed by atoms with van der Waals surface area (Å²) in [5.41, 5.74) is -1.32. The number of carbonyl (C=O) groups excluding carboxylic acids is 2. The summed E-state index contributed by atoms with van der Waals surface area (Å²) in [5.74, 6) is -3.71. The van der Waals surface area contributed by atoms with Crippen LogP contribution >= 0.6 is 0 Å². The maximum absolute atomic E-state index is 13.5. The monoisotopic (exact) mass is 468 g/mol. The van der Waals surface area contributed by atoms with Crippen molar-refractivity contribution in [2.24, 2.45) is 41.4 Å². The van der Waals surface area contributed by atoms with Crippen molar-refractivity contribution in [2.45, 2.75) is 105 Å². The molecule has 2 aliphatic rings. The van der Waals surface area contributed by atoms with E-state index in [-0.39, 0.29) is 5.92 Å². The molecule has 33 heavy (non-hydrogen) atoms. The average Bonchev–Trinajstić information content (AvgIpc) is 3.20. The molecule has 0 amide bonds. The molecular formula is C26H44O7. The predicted octanol–water partition coefficient (Wildman–Crippen LogP) is 5.06. The van der Waals surface area contributed by atoms with Crippen LogP contribution in [0.2, 0.25) is 0 Å². The average molecular weight is 469 g/mol. The van der Waals surface area contributed by atoms with E-state index in [0.29, 0.717) is 24.2 Å². The van der Waals surface area contributed by atoms with Gasteiger partial charge in [0, 0.05) is 0 Å². The Labute approximate surface area is 198 Å². The molecule has 2 fully saturated rings. The van der Waals surface area contributed by atoms with Crippen LogP contribution in [0.25, 0.3) is 0 Å². The first-order chi connectivity index (χ1) is 15.0. The van der Waals surface area contributed by atoms with Crippen LogP contribution in [-0.2, 0) is 28.6 Å². The van der Waals surface area contributed by atoms with E-state index >= 15 is 0 Å². The molecule has 0 aromatic carbocycles. The summed E-state index contributed by atoms with van der Waals surface area (Å²) in [6.45, 7) is 16.1. The van der Waals surface area contributed by atoms with Crippen molar-refractivity contribution in [3.05, 3.63) is 0 Å². The minimum Gasteiger partial charge on any atom is -0.481 e. The van der Waals surface area contributed by atoms with Gasteiger partial charge in [-0.1, -0.05) is 13.8 Å². The van der Waals surface area contributed by atoms with Crippen LogP contribution in [0.3, 0.4) is 0 Å². The van der Waals surface area contributed by atoms with E-state index < -0.39 is 53.2 Å². The Bertz CT molecular complexity index is 715. The van der Waals surface area contributed by atoms with Gasteiger partial charge in [-0.3, -0.25) is 14.4 Å². The molecule has 8 atom stereocenters. The molecule has 0 spiro atoms. The number of carboxylic acids is 1. The second kappa shape index (κ2) is 10.3. The number of fused-ring (bicyclic) bond motifs is 2. The molecule has 0 aromatic rings. The van der Waals surface area contributed by atoms with Gasteiger partial charge in [-0.25, -0.2) is 0 Å². The minimum absolute atomic E-state index is 0.256. The zero-order valence-electron chi connectivity index (χ0n) is 21.8. The van der Waals surface area contributed by atoms with Crippen LogP contribution in [0.1, 0.15) is 88.0 Å². The zero-order chi connectivity index (χ0) is 25.3. The molecule has 2 rings (SSSR count). The molecular weight excluding hydrogens is 424 g/mol. The predicted molar refractivity (Wildman–Crippen MR) is 124 cm³/mol. The van der Waals surface area contributed by atoms with Crippen molar-refractivity contribution < 1.29 is 33.7 Å². The summed E-state index contributed by atoms with van der Waals surface area (Å²) in [5, 5.41) is 9.80. The third kappa shape index (κ3) is 7.43. The SMILES string of the molecule is CC(OC(=O)C(CC1C2CCC(C2)C1C)C(C(=O)OC(C)(C)C)C(C)C(=O)O)OC(C)(C)C. The highest BCUT2D eigenvalue weighted by Gasteiger charge is 2.50. The van der Waals surface area contributed by atoms with Gasteiger partial charge in [-0.2, -0.15) is 0 Å². The Kier molecular flexibility index (Phi) is 8.64. The first-order valence-corrected chi connectivity index (χ1v) is 12.3. The lowest BCUT2D eigenvalue weighted by molar-refractivity contribution is -0.206. The molecule has 1 N–H and O–H groups in total. The topological polar surface area (TPSA) is 99.1 Å². The highest BCUT2D eigenvalue weighted by molar-refractivity contribution is 5.86. The third-order valence-corrected chi connectivity index (χ3v) is 7.21. The van der Waals surface area contributed by atoms with Gasteiger partial charge in [-0.15, -0.1) is 0 Å². The second-order valence-corrected chi connectivity index (χ2v) is 12.1. The van der Waals surface area contributed by atoms with Gasteiger partial charge in [0.25, 0.3) is 0 Å². The summed E-state index contributed by atoms with van der Waals surface area (Å²) in [7, 11) is 0. The molecule has 0 radical (unpaired) electrons. The smallest absolute Gasteiger partial charge is 0.312 e. The van der Waals surface area contributed by atoms with E-state index in [1.807, 2.05) is 20.8 Å². The van der Waals surface area contributed by atoms with E-state index in [2.05, 4.69) is 6.92 Å². The highest BCUT2D eigenvalue weighted by atomic mass is 16.7. The Hall–Kier alpha value is -1.63. The Morgan fingerprint density at radius 1 is 0.939 bits per heavy atom. The number of rotatable bonds is 9. The lowest BCUT2D eigenvalue weighted by atomic mass is 9.71. The second-order valence-electron chi connectivity index (χ2n) is 12.1. The molecule has 7 nitrogen and oxygen atoms in total. The molecule has 190 valence electrons. The van der Waals surface area contributed by atoms with Crippen molar-refractivity contribution in [2.75, 3.05) is 0 Å². The van der Waals surface area contributed by atoms with Gasteiger partial charge in [0.1, 0.15) is 5.60 Å². The molecule has 0 saturated heterocycles. The number of aliphatic carboxylic acids is 1. The van der Waals surface area contributed by atoms with Gasteiger partial charge in [-0.05, 0) is 97.8 Å². The van der Waals surface area contributed by atoms with Crippen LogP contribution < -0.4 is 0 Å². The van der Waals surface area contributed by atoms with E-state index in [0.717, 1.165) is 12.8 Å². The van der Waals surface area contributed by atoms with Crippen molar-refractivity contribution in [1.29, 1.82) is 0 Å². The lowest BCUT2D eigenvalue weighted by Gasteiger charge is -2.36. The third-order valence-electron chi connectivity index (χ3n) is 7.21. The number of carboxylic acid groups (broad SMARTS) is 1. The summed E-state index contributed by atoms with van der Waals surface area (Å²) in [4.78, 5) is 38.7. The van der Waals surface area contributed by atoms with Crippen LogP contribution in [0, 0.1) is 41.4 Å². The first-order valence-electron chi connectivity index (χ1n) is 12.3. The maximum Gasteiger partial charge on any atom is 0.312 e. The largest absolute Gasteiger partial charge is 0.481 e. The van der Waals surface area contributed by atoms with Crippen LogP contribution in [0.4, 0.5) is 0 Å². The van der Waals surface area contributed by atoms with Crippen LogP contribution in [0.15, 0.2) is 0 Å². The van der Waals surface area contributed by atoms with Gasteiger partial charge < -0.3 is 19.3 Å². The fraction of sp³-hybridized carbons (Fsp3) is 0.885. The standard InChI is InChI=1S/C26H44O7/c1-14-17-10-11-18(12-17)19(14)13-20(23(29)31-16(3)32-25(4,5)6)21(15(2)22(27)28)24(30)33-26(7,8)9/h14-21H,10-13H2,1-9H3,(H,27,28). The van der Waals surface area contributed by atoms with Gasteiger partial charge >= 0.3 is 17.9 Å². The van der Waals surface area contributed by atoms with E-state index in [1.165, 1.54) is 13.3 Å². The first kappa shape index (κ1) is 27.6. The van der Waals surface area contributed by atoms with Gasteiger partial charge in [0.15, 0.2) is 0 Å². The minimum atomic E-state index is -1.14. The quantitative estimate of drug-likeness (QED) is 0.373. The molecule has 0 aromatic heterocycles. The van der Waals surface area contributed by atoms with Gasteiger partial charge in [0.2, 0.25) is 6.29 Å². The lowest BCUT2D eigenvalue weighted by Crippen LogP contribution is -2.44. The van der Waals surface area contributed by atoms with E-state index in [4.69, 9.17) is 14.2 Å². The number of ether oxygens (including phenoxy) is 3. The van der Waals surface area contributed by atoms with Crippen molar-refractivity contribution in [3.8, 4) is 0 Å². The number of hydrogen-bond donors (Lipinski definition) is 1. The summed E-state index contributed by atoms with van der Waals surface area (Å²) in [6, 6.07) is 0. The highest BCUT2D eigenvalue weighted by Crippen LogP contribution is 2.54. The van der Waals surface area contributed by atoms with Crippen molar-refractivity contribution in [1.82, 2.24) is 0 Å². The number of carbonyl (C=O) groups is 3. The Morgan fingerprint density at radius 2 is 1.52 bits per heavy atom. The molecule has 2 aliphatic carbocycles. The van der Waals surface area contributed by atoms with Crippen molar-refractivity contribution >= 4 is 17.9 Å². The number of esters is 2. The van der Waals surface area contributed by atoms with Crippen molar-refractivity contribution in [3.63, 3.8) is 0 Å². The number of hydrogen-bond acceptors (Lipinski definition) is 6. The molecule has 7 heteroatoms. The molecule has 2 saturated carbocycles. The Morgan fingerprint density at radius 3 is 1.97 bits per heavy atom. The Balaban J connectivity index is 2.37.